The molecule has 0 aliphatic heterocycles. The molecule has 0 radical (unpaired) electrons. The van der Waals surface area contributed by atoms with Crippen LogP contribution in [-0.2, 0) is 14.3 Å². The third kappa shape index (κ3) is 2.36. The molecule has 0 saturated heterocycles. The molecule has 2 saturated carbocycles. The Bertz CT molecular complexity index is 347. The van der Waals surface area contributed by atoms with E-state index in [2.05, 4.69) is 0 Å². The zero-order chi connectivity index (χ0) is 13.3. The highest BCUT2D eigenvalue weighted by Gasteiger charge is 2.59. The molecule has 1 atom stereocenters. The summed E-state index contributed by atoms with van der Waals surface area (Å²) in [5.74, 6) is -0.653. The molecule has 2 rings (SSSR count). The second-order valence-corrected chi connectivity index (χ2v) is 5.46. The molecule has 0 aromatic rings. The van der Waals surface area contributed by atoms with Crippen molar-refractivity contribution in [3.8, 4) is 0 Å². The molecule has 1 unspecified atom stereocenters. The summed E-state index contributed by atoms with van der Waals surface area (Å²) in [6, 6.07) is 0.129. The van der Waals surface area contributed by atoms with E-state index in [-0.39, 0.29) is 11.9 Å². The minimum absolute atomic E-state index is 0.129. The van der Waals surface area contributed by atoms with Crippen molar-refractivity contribution in [1.29, 1.82) is 0 Å². The van der Waals surface area contributed by atoms with Crippen LogP contribution in [0.1, 0.15) is 32.6 Å². The zero-order valence-corrected chi connectivity index (χ0v) is 11.0. The van der Waals surface area contributed by atoms with E-state index in [0.717, 1.165) is 12.8 Å². The van der Waals surface area contributed by atoms with Crippen LogP contribution >= 0.6 is 0 Å². The van der Waals surface area contributed by atoms with Gasteiger partial charge in [0.25, 0.3) is 0 Å². The lowest BCUT2D eigenvalue weighted by Gasteiger charge is -2.31. The molecule has 0 aromatic carbocycles. The van der Waals surface area contributed by atoms with Crippen molar-refractivity contribution in [1.82, 2.24) is 4.90 Å². The van der Waals surface area contributed by atoms with E-state index < -0.39 is 11.4 Å². The number of carboxylic acid groups (broad SMARTS) is 1. The second-order valence-electron chi connectivity index (χ2n) is 5.46. The van der Waals surface area contributed by atoms with Crippen LogP contribution in [0.25, 0.3) is 0 Å². The maximum absolute atomic E-state index is 12.4. The lowest BCUT2D eigenvalue weighted by molar-refractivity contribution is -0.155. The molecule has 5 nitrogen and oxygen atoms in total. The van der Waals surface area contributed by atoms with E-state index in [1.54, 1.807) is 12.0 Å². The number of hydrogen-bond donors (Lipinski definition) is 1. The number of carbonyl (C=O) groups excluding carboxylic acids is 1. The number of aliphatic carboxylic acids is 1. The molecule has 0 aromatic heterocycles. The average molecular weight is 255 g/mol. The van der Waals surface area contributed by atoms with Gasteiger partial charge in [-0.2, -0.15) is 0 Å². The Labute approximate surface area is 107 Å². The topological polar surface area (TPSA) is 66.8 Å². The molecule has 0 heterocycles. The van der Waals surface area contributed by atoms with Crippen molar-refractivity contribution >= 4 is 11.9 Å². The summed E-state index contributed by atoms with van der Waals surface area (Å²) in [5.41, 5.74) is -1.13. The SMILES string of the molecule is COCCN(C(=O)C1(C(=O)O)CC1)C(C)C1CC1. The average Bonchev–Trinajstić information content (AvgIpc) is 3.18. The number of methoxy groups -OCH3 is 1. The third-order valence-electron chi connectivity index (χ3n) is 4.16. The number of rotatable bonds is 7. The van der Waals surface area contributed by atoms with Crippen LogP contribution in [0.15, 0.2) is 0 Å². The molecule has 5 heteroatoms. The van der Waals surface area contributed by atoms with Crippen LogP contribution in [0.4, 0.5) is 0 Å². The predicted molar refractivity (Wildman–Crippen MR) is 65.1 cm³/mol. The van der Waals surface area contributed by atoms with Gasteiger partial charge >= 0.3 is 5.97 Å². The van der Waals surface area contributed by atoms with E-state index in [9.17, 15) is 14.7 Å². The monoisotopic (exact) mass is 255 g/mol. The molecule has 1 N–H and O–H groups in total. The first-order valence-corrected chi connectivity index (χ1v) is 6.56. The molecule has 1 amide bonds. The number of hydrogen-bond acceptors (Lipinski definition) is 3. The van der Waals surface area contributed by atoms with E-state index >= 15 is 0 Å². The van der Waals surface area contributed by atoms with Crippen molar-refractivity contribution < 1.29 is 19.4 Å². The number of ether oxygens (including phenoxy) is 1. The van der Waals surface area contributed by atoms with Gasteiger partial charge in [0, 0.05) is 19.7 Å². The summed E-state index contributed by atoms with van der Waals surface area (Å²) in [4.78, 5) is 25.4. The molecule has 0 bridgehead atoms. The van der Waals surface area contributed by atoms with Crippen LogP contribution in [0.3, 0.4) is 0 Å². The summed E-state index contributed by atoms with van der Waals surface area (Å²) < 4.78 is 5.03. The maximum Gasteiger partial charge on any atom is 0.319 e. The highest BCUT2D eigenvalue weighted by molar-refractivity contribution is 6.04. The Morgan fingerprint density at radius 1 is 1.44 bits per heavy atom. The van der Waals surface area contributed by atoms with Gasteiger partial charge in [0.2, 0.25) is 5.91 Å². The molecular formula is C13H21NO4. The van der Waals surface area contributed by atoms with E-state index in [1.165, 1.54) is 0 Å². The number of carbonyl (C=O) groups is 2. The fourth-order valence-corrected chi connectivity index (χ4v) is 2.43. The Morgan fingerprint density at radius 2 is 2.06 bits per heavy atom. The Hall–Kier alpha value is -1.10. The van der Waals surface area contributed by atoms with Gasteiger partial charge < -0.3 is 14.7 Å². The Kier molecular flexibility index (Phi) is 3.61. The highest BCUT2D eigenvalue weighted by Crippen LogP contribution is 2.48. The lowest BCUT2D eigenvalue weighted by atomic mass is 10.0. The summed E-state index contributed by atoms with van der Waals surface area (Å²) in [7, 11) is 1.59. The largest absolute Gasteiger partial charge is 0.480 e. The first kappa shape index (κ1) is 13.3. The second kappa shape index (κ2) is 4.88. The van der Waals surface area contributed by atoms with Gasteiger partial charge in [-0.05, 0) is 38.5 Å². The smallest absolute Gasteiger partial charge is 0.319 e. The van der Waals surface area contributed by atoms with E-state index in [0.29, 0.717) is 31.9 Å². The molecule has 18 heavy (non-hydrogen) atoms. The van der Waals surface area contributed by atoms with Crippen LogP contribution in [0.5, 0.6) is 0 Å². The first-order chi connectivity index (χ1) is 8.53. The van der Waals surface area contributed by atoms with Gasteiger partial charge in [0.15, 0.2) is 0 Å². The van der Waals surface area contributed by atoms with Gasteiger partial charge in [-0.15, -0.1) is 0 Å². The Balaban J connectivity index is 2.07. The zero-order valence-electron chi connectivity index (χ0n) is 11.0. The summed E-state index contributed by atoms with van der Waals surface area (Å²) >= 11 is 0. The molecule has 2 aliphatic carbocycles. The molecule has 2 aliphatic rings. The minimum atomic E-state index is -1.13. The molecule has 0 spiro atoms. The van der Waals surface area contributed by atoms with Crippen LogP contribution in [0.2, 0.25) is 0 Å². The van der Waals surface area contributed by atoms with Gasteiger partial charge in [0.05, 0.1) is 6.61 Å². The molecular weight excluding hydrogens is 234 g/mol. The normalized spacial score (nSPS) is 22.3. The summed E-state index contributed by atoms with van der Waals surface area (Å²) in [5, 5.41) is 9.21. The fourth-order valence-electron chi connectivity index (χ4n) is 2.43. The van der Waals surface area contributed by atoms with E-state index in [4.69, 9.17) is 4.74 Å². The molecule has 102 valence electrons. The first-order valence-electron chi connectivity index (χ1n) is 6.56. The summed E-state index contributed by atoms with van der Waals surface area (Å²) in [6.07, 6.45) is 3.22. The Morgan fingerprint density at radius 3 is 2.44 bits per heavy atom. The van der Waals surface area contributed by atoms with Gasteiger partial charge in [-0.1, -0.05) is 0 Å². The standard InChI is InChI=1S/C13H21NO4/c1-9(10-3-4-10)14(7-8-18-2)11(15)13(5-6-13)12(16)17/h9-10H,3-8H2,1-2H3,(H,16,17). The summed E-state index contributed by atoms with van der Waals surface area (Å²) in [6.45, 7) is 2.96. The fraction of sp³-hybridized carbons (Fsp3) is 0.846. The number of amides is 1. The van der Waals surface area contributed by atoms with Crippen molar-refractivity contribution in [2.24, 2.45) is 11.3 Å². The van der Waals surface area contributed by atoms with Crippen molar-refractivity contribution in [2.75, 3.05) is 20.3 Å². The predicted octanol–water partition coefficient (Wildman–Crippen LogP) is 1.12. The van der Waals surface area contributed by atoms with Crippen LogP contribution < -0.4 is 0 Å². The van der Waals surface area contributed by atoms with Crippen LogP contribution in [0, 0.1) is 11.3 Å². The number of carboxylic acids is 1. The van der Waals surface area contributed by atoms with Crippen molar-refractivity contribution in [3.05, 3.63) is 0 Å². The van der Waals surface area contributed by atoms with Crippen molar-refractivity contribution in [3.63, 3.8) is 0 Å². The van der Waals surface area contributed by atoms with Gasteiger partial charge in [-0.3, -0.25) is 9.59 Å². The highest BCUT2D eigenvalue weighted by atomic mass is 16.5. The van der Waals surface area contributed by atoms with Gasteiger partial charge in [-0.25, -0.2) is 0 Å². The maximum atomic E-state index is 12.4. The van der Waals surface area contributed by atoms with Crippen LogP contribution in [-0.4, -0.2) is 48.2 Å². The van der Waals surface area contributed by atoms with Gasteiger partial charge in [0.1, 0.15) is 5.41 Å². The molecule has 2 fully saturated rings. The van der Waals surface area contributed by atoms with E-state index in [1.807, 2.05) is 6.92 Å². The lowest BCUT2D eigenvalue weighted by Crippen LogP contribution is -2.47. The third-order valence-corrected chi connectivity index (χ3v) is 4.16. The minimum Gasteiger partial charge on any atom is -0.480 e. The number of nitrogens with zero attached hydrogens (tertiary/aromatic N) is 1. The van der Waals surface area contributed by atoms with Crippen molar-refractivity contribution in [2.45, 2.75) is 38.6 Å². The quantitative estimate of drug-likeness (QED) is 0.692.